The van der Waals surface area contributed by atoms with Gasteiger partial charge in [-0.05, 0) is 17.7 Å². The van der Waals surface area contributed by atoms with Gasteiger partial charge in [-0.1, -0.05) is 5.11 Å². The van der Waals surface area contributed by atoms with Crippen molar-refractivity contribution in [2.75, 3.05) is 0 Å². The molecule has 0 amide bonds. The third-order valence-corrected chi connectivity index (χ3v) is 2.02. The van der Waals surface area contributed by atoms with Crippen LogP contribution in [0.3, 0.4) is 0 Å². The molecular formula is C8H7N3O3. The van der Waals surface area contributed by atoms with E-state index in [2.05, 4.69) is 10.0 Å². The number of hydrogen-bond acceptors (Lipinski definition) is 4. The molecule has 1 aliphatic rings. The van der Waals surface area contributed by atoms with E-state index >= 15 is 0 Å². The number of azide groups is 1. The van der Waals surface area contributed by atoms with Crippen molar-refractivity contribution in [1.82, 2.24) is 0 Å². The van der Waals surface area contributed by atoms with Crippen LogP contribution in [0.1, 0.15) is 18.3 Å². The third kappa shape index (κ3) is 1.43. The lowest BCUT2D eigenvalue weighted by Gasteiger charge is -2.03. The lowest BCUT2D eigenvalue weighted by atomic mass is 10.1. The molecule has 1 aromatic rings. The van der Waals surface area contributed by atoms with Gasteiger partial charge >= 0.3 is 5.97 Å². The number of furan rings is 1. The molecule has 1 saturated heterocycles. The molecule has 0 spiro atoms. The van der Waals surface area contributed by atoms with Crippen LogP contribution in [0.4, 0.5) is 0 Å². The number of hydrogen-bond donors (Lipinski definition) is 0. The standard InChI is InChI=1S/C8H7N3O3/c9-11-10-5-4-7(14-8(5)12)6-2-1-3-13-6/h1-3,5,7H,4H2/t5-,7-/m0/s1. The summed E-state index contributed by atoms with van der Waals surface area (Å²) in [6.45, 7) is 0. The first-order chi connectivity index (χ1) is 6.81. The Balaban J connectivity index is 2.14. The van der Waals surface area contributed by atoms with Crippen LogP contribution in [0.2, 0.25) is 0 Å². The number of carbonyl (C=O) groups excluding carboxylic acids is 1. The molecule has 14 heavy (non-hydrogen) atoms. The van der Waals surface area contributed by atoms with E-state index in [-0.39, 0.29) is 0 Å². The lowest BCUT2D eigenvalue weighted by Crippen LogP contribution is -2.09. The second-order valence-electron chi connectivity index (χ2n) is 2.90. The third-order valence-electron chi connectivity index (χ3n) is 2.02. The summed E-state index contributed by atoms with van der Waals surface area (Å²) in [4.78, 5) is 13.7. The van der Waals surface area contributed by atoms with Crippen LogP contribution in [0.15, 0.2) is 27.9 Å². The second-order valence-corrected chi connectivity index (χ2v) is 2.90. The number of cyclic esters (lactones) is 1. The Morgan fingerprint density at radius 1 is 1.64 bits per heavy atom. The van der Waals surface area contributed by atoms with Crippen LogP contribution in [-0.2, 0) is 9.53 Å². The van der Waals surface area contributed by atoms with Gasteiger partial charge in [-0.2, -0.15) is 0 Å². The van der Waals surface area contributed by atoms with Crippen LogP contribution < -0.4 is 0 Å². The summed E-state index contributed by atoms with van der Waals surface area (Å²) in [6, 6.07) is 2.70. The first-order valence-corrected chi connectivity index (χ1v) is 4.09. The number of ether oxygens (including phenoxy) is 1. The highest BCUT2D eigenvalue weighted by atomic mass is 16.6. The first kappa shape index (κ1) is 8.65. The average Bonchev–Trinajstić information content (AvgIpc) is 2.76. The van der Waals surface area contributed by atoms with Gasteiger partial charge in [0, 0.05) is 11.3 Å². The monoisotopic (exact) mass is 193 g/mol. The Labute approximate surface area is 79.1 Å². The molecule has 0 aliphatic carbocycles. The van der Waals surface area contributed by atoms with Gasteiger partial charge in [0.1, 0.15) is 11.8 Å². The van der Waals surface area contributed by atoms with Crippen LogP contribution in [0.25, 0.3) is 10.4 Å². The highest BCUT2D eigenvalue weighted by Gasteiger charge is 2.35. The zero-order chi connectivity index (χ0) is 9.97. The summed E-state index contributed by atoms with van der Waals surface area (Å²) in [7, 11) is 0. The SMILES string of the molecule is [N-]=[N+]=N[C@H]1C[C@@H](c2ccco2)OC1=O. The molecule has 1 aliphatic heterocycles. The van der Waals surface area contributed by atoms with Crippen molar-refractivity contribution < 1.29 is 13.9 Å². The second kappa shape index (κ2) is 3.43. The highest BCUT2D eigenvalue weighted by molar-refractivity contribution is 5.78. The van der Waals surface area contributed by atoms with E-state index in [1.165, 1.54) is 6.26 Å². The summed E-state index contributed by atoms with van der Waals surface area (Å²) in [6.07, 6.45) is 1.42. The minimum absolute atomic E-state index is 0.344. The molecule has 6 heteroatoms. The fraction of sp³-hybridized carbons (Fsp3) is 0.375. The predicted molar refractivity (Wildman–Crippen MR) is 45.1 cm³/mol. The zero-order valence-corrected chi connectivity index (χ0v) is 7.16. The predicted octanol–water partition coefficient (Wildman–Crippen LogP) is 1.95. The Kier molecular flexibility index (Phi) is 2.12. The van der Waals surface area contributed by atoms with Crippen molar-refractivity contribution in [3.8, 4) is 0 Å². The molecule has 0 saturated carbocycles. The molecule has 2 heterocycles. The van der Waals surface area contributed by atoms with E-state index in [9.17, 15) is 4.79 Å². The van der Waals surface area contributed by atoms with Crippen LogP contribution >= 0.6 is 0 Å². The van der Waals surface area contributed by atoms with Crippen LogP contribution in [0, 0.1) is 0 Å². The number of esters is 1. The molecule has 1 fully saturated rings. The van der Waals surface area contributed by atoms with E-state index in [4.69, 9.17) is 14.7 Å². The Bertz CT molecular complexity index is 381. The Hall–Kier alpha value is -1.94. The smallest absolute Gasteiger partial charge is 0.315 e. The lowest BCUT2D eigenvalue weighted by molar-refractivity contribution is -0.143. The van der Waals surface area contributed by atoms with E-state index in [0.29, 0.717) is 12.2 Å². The normalized spacial score (nSPS) is 25.6. The summed E-state index contributed by atoms with van der Waals surface area (Å²) in [5.41, 5.74) is 8.19. The van der Waals surface area contributed by atoms with Crippen LogP contribution in [-0.4, -0.2) is 12.0 Å². The van der Waals surface area contributed by atoms with Gasteiger partial charge in [-0.25, -0.2) is 0 Å². The van der Waals surface area contributed by atoms with Crippen molar-refractivity contribution in [3.05, 3.63) is 34.6 Å². The maximum atomic E-state index is 11.1. The van der Waals surface area contributed by atoms with Crippen molar-refractivity contribution in [1.29, 1.82) is 0 Å². The minimum atomic E-state index is -0.727. The fourth-order valence-corrected chi connectivity index (χ4v) is 1.37. The maximum Gasteiger partial charge on any atom is 0.315 e. The molecule has 0 N–H and O–H groups in total. The minimum Gasteiger partial charge on any atom is -0.465 e. The van der Waals surface area contributed by atoms with Gasteiger partial charge in [-0.15, -0.1) is 0 Å². The van der Waals surface area contributed by atoms with Crippen molar-refractivity contribution >= 4 is 5.97 Å². The summed E-state index contributed by atoms with van der Waals surface area (Å²) >= 11 is 0. The molecule has 0 bridgehead atoms. The molecule has 72 valence electrons. The number of carbonyl (C=O) groups is 1. The largest absolute Gasteiger partial charge is 0.465 e. The van der Waals surface area contributed by atoms with Crippen molar-refractivity contribution in [2.24, 2.45) is 5.11 Å². The summed E-state index contributed by atoms with van der Waals surface area (Å²) in [5.74, 6) is 0.0817. The van der Waals surface area contributed by atoms with E-state index < -0.39 is 18.1 Å². The average molecular weight is 193 g/mol. The summed E-state index contributed by atoms with van der Waals surface area (Å²) in [5, 5.41) is 3.33. The molecule has 2 atom stereocenters. The van der Waals surface area contributed by atoms with Crippen molar-refractivity contribution in [2.45, 2.75) is 18.6 Å². The van der Waals surface area contributed by atoms with Gasteiger partial charge in [-0.3, -0.25) is 4.79 Å². The molecule has 0 unspecified atom stereocenters. The van der Waals surface area contributed by atoms with Gasteiger partial charge in [0.15, 0.2) is 6.10 Å². The van der Waals surface area contributed by atoms with E-state index in [1.54, 1.807) is 12.1 Å². The summed E-state index contributed by atoms with van der Waals surface area (Å²) < 4.78 is 10.1. The fourth-order valence-electron chi connectivity index (χ4n) is 1.37. The van der Waals surface area contributed by atoms with Gasteiger partial charge in [0.25, 0.3) is 0 Å². The molecular weight excluding hydrogens is 186 g/mol. The molecule has 6 nitrogen and oxygen atoms in total. The highest BCUT2D eigenvalue weighted by Crippen LogP contribution is 2.31. The van der Waals surface area contributed by atoms with Crippen LogP contribution in [0.5, 0.6) is 0 Å². The zero-order valence-electron chi connectivity index (χ0n) is 7.16. The van der Waals surface area contributed by atoms with Gasteiger partial charge in [0.05, 0.1) is 6.26 Å². The van der Waals surface area contributed by atoms with E-state index in [1.807, 2.05) is 0 Å². The molecule has 0 aromatic carbocycles. The molecule has 1 aromatic heterocycles. The van der Waals surface area contributed by atoms with Gasteiger partial charge < -0.3 is 9.15 Å². The Morgan fingerprint density at radius 3 is 3.14 bits per heavy atom. The molecule has 0 radical (unpaired) electrons. The van der Waals surface area contributed by atoms with E-state index in [0.717, 1.165) is 0 Å². The number of nitrogens with zero attached hydrogens (tertiary/aromatic N) is 3. The number of rotatable bonds is 2. The van der Waals surface area contributed by atoms with Crippen molar-refractivity contribution in [3.63, 3.8) is 0 Å². The van der Waals surface area contributed by atoms with Gasteiger partial charge in [0.2, 0.25) is 0 Å². The Morgan fingerprint density at radius 2 is 2.50 bits per heavy atom. The quantitative estimate of drug-likeness (QED) is 0.311. The maximum absolute atomic E-state index is 11.1. The first-order valence-electron chi connectivity index (χ1n) is 4.09. The molecule has 2 rings (SSSR count). The topological polar surface area (TPSA) is 88.2 Å².